The number of carboxylic acid groups (broad SMARTS) is 1. The minimum atomic E-state index is -0.975. The Morgan fingerprint density at radius 1 is 1.12 bits per heavy atom. The molecule has 1 aliphatic rings. The van der Waals surface area contributed by atoms with Crippen LogP contribution in [0.1, 0.15) is 53.6 Å². The number of carboxylic acids is 1. The Kier molecular flexibility index (Phi) is 5.53. The molecule has 0 bridgehead atoms. The first-order valence-electron chi connectivity index (χ1n) is 8.76. The Hall–Kier alpha value is -2.56. The van der Waals surface area contributed by atoms with Crippen LogP contribution in [0.25, 0.3) is 0 Å². The van der Waals surface area contributed by atoms with Gasteiger partial charge in [0.05, 0.1) is 24.5 Å². The highest BCUT2D eigenvalue weighted by Crippen LogP contribution is 2.25. The lowest BCUT2D eigenvalue weighted by Gasteiger charge is -2.34. The fraction of sp³-hybridized carbons (Fsp3) is 0.400. The normalized spacial score (nSPS) is 15.0. The van der Waals surface area contributed by atoms with Gasteiger partial charge in [0.1, 0.15) is 0 Å². The number of carbonyl (C=O) groups is 2. The molecule has 5 nitrogen and oxygen atoms in total. The first kappa shape index (κ1) is 17.3. The molecule has 1 fully saturated rings. The molecule has 0 spiro atoms. The maximum atomic E-state index is 13.0. The lowest BCUT2D eigenvalue weighted by molar-refractivity contribution is -0.134. The highest BCUT2D eigenvalue weighted by atomic mass is 16.4. The number of carbonyl (C=O) groups excluding carboxylic acids is 1. The second-order valence-electron chi connectivity index (χ2n) is 6.63. The van der Waals surface area contributed by atoms with Gasteiger partial charge in [0.15, 0.2) is 0 Å². The second kappa shape index (κ2) is 8.01. The van der Waals surface area contributed by atoms with E-state index in [2.05, 4.69) is 0 Å². The molecule has 2 aromatic rings. The molecule has 1 N–H and O–H groups in total. The molecule has 0 aliphatic heterocycles. The highest BCUT2D eigenvalue weighted by molar-refractivity contribution is 5.88. The molecule has 1 amide bonds. The Balaban J connectivity index is 1.76. The van der Waals surface area contributed by atoms with Crippen molar-refractivity contribution in [1.82, 2.24) is 4.90 Å². The number of hydrogen-bond donors (Lipinski definition) is 1. The maximum Gasteiger partial charge on any atom is 0.335 e. The molecule has 0 atom stereocenters. The molecule has 5 heteroatoms. The molecule has 1 aliphatic carbocycles. The van der Waals surface area contributed by atoms with Crippen LogP contribution in [0.4, 0.5) is 0 Å². The zero-order chi connectivity index (χ0) is 17.6. The molecule has 3 rings (SSSR count). The van der Waals surface area contributed by atoms with Crippen molar-refractivity contribution >= 4 is 11.9 Å². The van der Waals surface area contributed by atoms with Crippen LogP contribution >= 0.6 is 0 Å². The summed E-state index contributed by atoms with van der Waals surface area (Å²) in [6.45, 7) is 0.540. The lowest BCUT2D eigenvalue weighted by Crippen LogP contribution is -2.41. The molecule has 1 heterocycles. The fourth-order valence-electron chi connectivity index (χ4n) is 3.48. The van der Waals surface area contributed by atoms with E-state index >= 15 is 0 Å². The predicted molar refractivity (Wildman–Crippen MR) is 93.2 cm³/mol. The Morgan fingerprint density at radius 2 is 1.92 bits per heavy atom. The van der Waals surface area contributed by atoms with E-state index in [1.54, 1.807) is 36.8 Å². The summed E-state index contributed by atoms with van der Waals surface area (Å²) in [5.74, 6) is -0.938. The van der Waals surface area contributed by atoms with E-state index in [-0.39, 0.29) is 23.9 Å². The van der Waals surface area contributed by atoms with Crippen LogP contribution in [0.2, 0.25) is 0 Å². The van der Waals surface area contributed by atoms with Gasteiger partial charge in [-0.3, -0.25) is 4.79 Å². The van der Waals surface area contributed by atoms with Crippen LogP contribution in [-0.2, 0) is 17.8 Å². The van der Waals surface area contributed by atoms with Crippen LogP contribution < -0.4 is 0 Å². The topological polar surface area (TPSA) is 70.8 Å². The Bertz CT molecular complexity index is 717. The third-order valence-corrected chi connectivity index (χ3v) is 4.80. The Labute approximate surface area is 147 Å². The van der Waals surface area contributed by atoms with Crippen LogP contribution in [-0.4, -0.2) is 27.9 Å². The molecule has 0 unspecified atom stereocenters. The molecule has 132 valence electrons. The molecule has 1 aromatic heterocycles. The van der Waals surface area contributed by atoms with Crippen molar-refractivity contribution in [2.45, 2.75) is 51.1 Å². The zero-order valence-corrected chi connectivity index (χ0v) is 14.2. The van der Waals surface area contributed by atoms with E-state index in [1.165, 1.54) is 6.42 Å². The minimum Gasteiger partial charge on any atom is -0.478 e. The molecular weight excluding hydrogens is 318 g/mol. The summed E-state index contributed by atoms with van der Waals surface area (Å²) in [7, 11) is 0. The van der Waals surface area contributed by atoms with Gasteiger partial charge in [0, 0.05) is 18.2 Å². The summed E-state index contributed by atoms with van der Waals surface area (Å²) >= 11 is 0. The van der Waals surface area contributed by atoms with Gasteiger partial charge in [-0.2, -0.15) is 0 Å². The molecule has 1 aromatic carbocycles. The number of rotatable bonds is 6. The third-order valence-electron chi connectivity index (χ3n) is 4.80. The van der Waals surface area contributed by atoms with E-state index in [0.717, 1.165) is 36.8 Å². The Morgan fingerprint density at radius 3 is 2.60 bits per heavy atom. The van der Waals surface area contributed by atoms with Crippen LogP contribution in [0.3, 0.4) is 0 Å². The van der Waals surface area contributed by atoms with E-state index < -0.39 is 5.97 Å². The van der Waals surface area contributed by atoms with Gasteiger partial charge in [0.2, 0.25) is 5.91 Å². The largest absolute Gasteiger partial charge is 0.478 e. The number of benzene rings is 1. The number of furan rings is 1. The molecular formula is C20H23NO4. The molecule has 1 saturated carbocycles. The van der Waals surface area contributed by atoms with Crippen molar-refractivity contribution in [2.24, 2.45) is 0 Å². The highest BCUT2D eigenvalue weighted by Gasteiger charge is 2.26. The summed E-state index contributed by atoms with van der Waals surface area (Å²) in [4.78, 5) is 26.0. The number of hydrogen-bond acceptors (Lipinski definition) is 3. The van der Waals surface area contributed by atoms with Crippen molar-refractivity contribution in [1.29, 1.82) is 0 Å². The SMILES string of the molecule is O=C(O)c1cccc(CC(=O)N(Cc2ccoc2)C2CCCCC2)c1. The standard InChI is InChI=1S/C20H23NO4/c22-19(12-15-5-4-6-17(11-15)20(23)24)21(13-16-9-10-25-14-16)18-7-2-1-3-8-18/h4-6,9-11,14,18H,1-3,7-8,12-13H2,(H,23,24). The van der Waals surface area contributed by atoms with Crippen LogP contribution in [0.15, 0.2) is 47.3 Å². The first-order chi connectivity index (χ1) is 12.1. The monoisotopic (exact) mass is 341 g/mol. The average Bonchev–Trinajstić information content (AvgIpc) is 3.14. The molecule has 0 radical (unpaired) electrons. The minimum absolute atomic E-state index is 0.0376. The van der Waals surface area contributed by atoms with Gasteiger partial charge in [-0.25, -0.2) is 4.79 Å². The summed E-state index contributed by atoms with van der Waals surface area (Å²) in [5, 5.41) is 9.12. The number of nitrogens with zero attached hydrogens (tertiary/aromatic N) is 1. The van der Waals surface area contributed by atoms with Gasteiger partial charge in [-0.1, -0.05) is 31.4 Å². The van der Waals surface area contributed by atoms with Crippen molar-refractivity contribution in [3.63, 3.8) is 0 Å². The van der Waals surface area contributed by atoms with Gasteiger partial charge >= 0.3 is 5.97 Å². The van der Waals surface area contributed by atoms with Crippen LogP contribution in [0.5, 0.6) is 0 Å². The summed E-state index contributed by atoms with van der Waals surface area (Å²) in [5.41, 5.74) is 1.93. The zero-order valence-electron chi connectivity index (χ0n) is 14.2. The third kappa shape index (κ3) is 4.50. The average molecular weight is 341 g/mol. The van der Waals surface area contributed by atoms with Gasteiger partial charge in [-0.15, -0.1) is 0 Å². The summed E-state index contributed by atoms with van der Waals surface area (Å²) in [6, 6.07) is 8.75. The number of aromatic carboxylic acids is 1. The van der Waals surface area contributed by atoms with Crippen molar-refractivity contribution in [3.8, 4) is 0 Å². The lowest BCUT2D eigenvalue weighted by atomic mass is 9.93. The van der Waals surface area contributed by atoms with Gasteiger partial charge < -0.3 is 14.4 Å². The summed E-state index contributed by atoms with van der Waals surface area (Å²) < 4.78 is 5.14. The van der Waals surface area contributed by atoms with Crippen LogP contribution in [0, 0.1) is 0 Å². The molecule has 0 saturated heterocycles. The van der Waals surface area contributed by atoms with E-state index in [0.29, 0.717) is 6.54 Å². The first-order valence-corrected chi connectivity index (χ1v) is 8.76. The smallest absolute Gasteiger partial charge is 0.335 e. The number of amides is 1. The quantitative estimate of drug-likeness (QED) is 0.865. The maximum absolute atomic E-state index is 13.0. The van der Waals surface area contributed by atoms with Gasteiger partial charge in [0.25, 0.3) is 0 Å². The van der Waals surface area contributed by atoms with E-state index in [1.807, 2.05) is 11.0 Å². The second-order valence-corrected chi connectivity index (χ2v) is 6.63. The predicted octanol–water partition coefficient (Wildman–Crippen LogP) is 3.88. The van der Waals surface area contributed by atoms with Gasteiger partial charge in [-0.05, 0) is 36.6 Å². The van der Waals surface area contributed by atoms with E-state index in [4.69, 9.17) is 9.52 Å². The molecule has 25 heavy (non-hydrogen) atoms. The summed E-state index contributed by atoms with van der Waals surface area (Å²) in [6.07, 6.45) is 9.09. The van der Waals surface area contributed by atoms with Crippen molar-refractivity contribution < 1.29 is 19.1 Å². The van der Waals surface area contributed by atoms with Crippen molar-refractivity contribution in [3.05, 3.63) is 59.5 Å². The fourth-order valence-corrected chi connectivity index (χ4v) is 3.48. The van der Waals surface area contributed by atoms with Crippen molar-refractivity contribution in [2.75, 3.05) is 0 Å². The van der Waals surface area contributed by atoms with E-state index in [9.17, 15) is 9.59 Å².